The van der Waals surface area contributed by atoms with Crippen LogP contribution >= 0.6 is 0 Å². The lowest BCUT2D eigenvalue weighted by Crippen LogP contribution is -2.45. The third-order valence-electron chi connectivity index (χ3n) is 3.86. The van der Waals surface area contributed by atoms with E-state index in [9.17, 15) is 9.59 Å². The summed E-state index contributed by atoms with van der Waals surface area (Å²) in [6, 6.07) is 5.07. The molecule has 0 atom stereocenters. The van der Waals surface area contributed by atoms with E-state index < -0.39 is 5.60 Å². The van der Waals surface area contributed by atoms with Gasteiger partial charge in [0.2, 0.25) is 0 Å². The first-order valence-corrected chi connectivity index (χ1v) is 6.94. The summed E-state index contributed by atoms with van der Waals surface area (Å²) in [4.78, 5) is 22.9. The van der Waals surface area contributed by atoms with Gasteiger partial charge < -0.3 is 14.2 Å². The van der Waals surface area contributed by atoms with Crippen LogP contribution in [-0.2, 0) is 9.53 Å². The van der Waals surface area contributed by atoms with Crippen LogP contribution in [0.25, 0.3) is 0 Å². The molecule has 1 aliphatic rings. The Hall–Kier alpha value is -2.04. The predicted molar refractivity (Wildman–Crippen MR) is 76.8 cm³/mol. The summed E-state index contributed by atoms with van der Waals surface area (Å²) >= 11 is 0. The summed E-state index contributed by atoms with van der Waals surface area (Å²) in [6.07, 6.45) is 2.85. The number of Topliss-reactive ketones (excluding diaryl/α,β-unsaturated/α-hetero) is 1. The van der Waals surface area contributed by atoms with Crippen LogP contribution in [0.3, 0.4) is 0 Å². The molecule has 0 aromatic heterocycles. The van der Waals surface area contributed by atoms with Gasteiger partial charge in [-0.25, -0.2) is 0 Å². The van der Waals surface area contributed by atoms with Gasteiger partial charge in [-0.05, 0) is 44.4 Å². The average molecular weight is 292 g/mol. The smallest absolute Gasteiger partial charge is 0.309 e. The van der Waals surface area contributed by atoms with Crippen LogP contribution in [-0.4, -0.2) is 31.6 Å². The average Bonchev–Trinajstić information content (AvgIpc) is 2.44. The van der Waals surface area contributed by atoms with Crippen molar-refractivity contribution in [2.24, 2.45) is 0 Å². The van der Waals surface area contributed by atoms with Crippen molar-refractivity contribution in [3.8, 4) is 11.5 Å². The number of ether oxygens (including phenoxy) is 3. The van der Waals surface area contributed by atoms with Gasteiger partial charge in [-0.2, -0.15) is 0 Å². The molecule has 5 heteroatoms. The van der Waals surface area contributed by atoms with Crippen molar-refractivity contribution in [2.75, 3.05) is 14.2 Å². The van der Waals surface area contributed by atoms with E-state index in [2.05, 4.69) is 0 Å². The third kappa shape index (κ3) is 3.35. The van der Waals surface area contributed by atoms with E-state index >= 15 is 0 Å². The van der Waals surface area contributed by atoms with Crippen molar-refractivity contribution in [1.29, 1.82) is 0 Å². The molecular weight excluding hydrogens is 272 g/mol. The molecule has 1 fully saturated rings. The van der Waals surface area contributed by atoms with Crippen LogP contribution in [0.2, 0.25) is 0 Å². The predicted octanol–water partition coefficient (Wildman–Crippen LogP) is 2.76. The first kappa shape index (κ1) is 15.4. The fraction of sp³-hybridized carbons (Fsp3) is 0.500. The zero-order valence-corrected chi connectivity index (χ0v) is 12.6. The van der Waals surface area contributed by atoms with Crippen molar-refractivity contribution < 1.29 is 23.8 Å². The second-order valence-corrected chi connectivity index (χ2v) is 5.31. The quantitative estimate of drug-likeness (QED) is 0.596. The molecule has 1 aliphatic carbocycles. The highest BCUT2D eigenvalue weighted by Gasteiger charge is 2.42. The van der Waals surface area contributed by atoms with Crippen LogP contribution < -0.4 is 9.47 Å². The van der Waals surface area contributed by atoms with Crippen molar-refractivity contribution in [2.45, 2.75) is 38.2 Å². The van der Waals surface area contributed by atoms with Crippen molar-refractivity contribution in [1.82, 2.24) is 0 Å². The van der Waals surface area contributed by atoms with Gasteiger partial charge in [0.05, 0.1) is 20.6 Å². The molecule has 0 heterocycles. The Morgan fingerprint density at radius 1 is 1.19 bits per heavy atom. The number of rotatable bonds is 6. The van der Waals surface area contributed by atoms with E-state index in [0.717, 1.165) is 19.3 Å². The maximum atomic E-state index is 11.5. The number of benzene rings is 1. The van der Waals surface area contributed by atoms with Gasteiger partial charge in [0.1, 0.15) is 5.60 Å². The van der Waals surface area contributed by atoms with E-state index in [1.807, 2.05) is 0 Å². The number of carbonyl (C=O) groups excluding carboxylic acids is 2. The number of methoxy groups -OCH3 is 2. The molecule has 0 saturated heterocycles. The molecule has 2 rings (SSSR count). The van der Waals surface area contributed by atoms with E-state index in [1.165, 1.54) is 21.1 Å². The summed E-state index contributed by atoms with van der Waals surface area (Å²) in [6.45, 7) is 1.50. The minimum Gasteiger partial charge on any atom is -0.493 e. The molecule has 0 radical (unpaired) electrons. The topological polar surface area (TPSA) is 61.8 Å². The van der Waals surface area contributed by atoms with Gasteiger partial charge in [-0.3, -0.25) is 9.59 Å². The van der Waals surface area contributed by atoms with Crippen LogP contribution in [0.5, 0.6) is 11.5 Å². The molecule has 21 heavy (non-hydrogen) atoms. The van der Waals surface area contributed by atoms with Crippen molar-refractivity contribution >= 4 is 11.8 Å². The fourth-order valence-corrected chi connectivity index (χ4v) is 2.43. The number of esters is 1. The Balaban J connectivity index is 2.21. The Kier molecular flexibility index (Phi) is 4.50. The summed E-state index contributed by atoms with van der Waals surface area (Å²) in [5.74, 6) is 0.728. The Bertz CT molecular complexity index is 546. The molecular formula is C16H20O5. The summed E-state index contributed by atoms with van der Waals surface area (Å²) < 4.78 is 16.1. The minimum absolute atomic E-state index is 0.0345. The van der Waals surface area contributed by atoms with E-state index in [1.54, 1.807) is 18.2 Å². The highest BCUT2D eigenvalue weighted by molar-refractivity contribution is 5.94. The summed E-state index contributed by atoms with van der Waals surface area (Å²) in [5, 5.41) is 0. The van der Waals surface area contributed by atoms with Gasteiger partial charge in [0.15, 0.2) is 17.3 Å². The van der Waals surface area contributed by atoms with Gasteiger partial charge in [0.25, 0.3) is 0 Å². The second-order valence-electron chi connectivity index (χ2n) is 5.31. The van der Waals surface area contributed by atoms with Crippen LogP contribution in [0, 0.1) is 0 Å². The van der Waals surface area contributed by atoms with Gasteiger partial charge in [0, 0.05) is 5.56 Å². The molecule has 0 spiro atoms. The Morgan fingerprint density at radius 2 is 1.90 bits per heavy atom. The van der Waals surface area contributed by atoms with E-state index in [0.29, 0.717) is 17.1 Å². The fourth-order valence-electron chi connectivity index (χ4n) is 2.43. The molecule has 1 aromatic carbocycles. The van der Waals surface area contributed by atoms with Crippen molar-refractivity contribution in [3.63, 3.8) is 0 Å². The van der Waals surface area contributed by atoms with Crippen molar-refractivity contribution in [3.05, 3.63) is 23.8 Å². The first-order valence-electron chi connectivity index (χ1n) is 6.94. The number of hydrogen-bond acceptors (Lipinski definition) is 5. The third-order valence-corrected chi connectivity index (χ3v) is 3.86. The molecule has 1 saturated carbocycles. The van der Waals surface area contributed by atoms with Gasteiger partial charge in [-0.15, -0.1) is 0 Å². The molecule has 0 N–H and O–H groups in total. The standard InChI is InChI=1S/C16H20O5/c1-11(17)12-5-6-13(14(9-12)19-2)21-16(7-4-8-16)10-15(18)20-3/h5-6,9H,4,7-8,10H2,1-3H3. The lowest BCUT2D eigenvalue weighted by molar-refractivity contribution is -0.148. The molecule has 0 bridgehead atoms. The second kappa shape index (κ2) is 6.16. The van der Waals surface area contributed by atoms with Crippen LogP contribution in [0.4, 0.5) is 0 Å². The maximum absolute atomic E-state index is 11.5. The van der Waals surface area contributed by atoms with E-state index in [4.69, 9.17) is 14.2 Å². The molecule has 114 valence electrons. The highest BCUT2D eigenvalue weighted by atomic mass is 16.5. The monoisotopic (exact) mass is 292 g/mol. The number of carbonyl (C=O) groups is 2. The number of hydrogen-bond donors (Lipinski definition) is 0. The van der Waals surface area contributed by atoms with Crippen LogP contribution in [0.1, 0.15) is 43.0 Å². The zero-order valence-electron chi connectivity index (χ0n) is 12.6. The van der Waals surface area contributed by atoms with Gasteiger partial charge in [-0.1, -0.05) is 0 Å². The zero-order chi connectivity index (χ0) is 15.5. The molecule has 0 unspecified atom stereocenters. The lowest BCUT2D eigenvalue weighted by Gasteiger charge is -2.41. The molecule has 5 nitrogen and oxygen atoms in total. The first-order chi connectivity index (χ1) is 9.99. The lowest BCUT2D eigenvalue weighted by atomic mass is 9.77. The largest absolute Gasteiger partial charge is 0.493 e. The maximum Gasteiger partial charge on any atom is 0.309 e. The number of ketones is 1. The SMILES string of the molecule is COC(=O)CC1(Oc2ccc(C(C)=O)cc2OC)CCC1. The molecule has 0 amide bonds. The normalized spacial score (nSPS) is 15.8. The Labute approximate surface area is 124 Å². The highest BCUT2D eigenvalue weighted by Crippen LogP contribution is 2.42. The van der Waals surface area contributed by atoms with Crippen LogP contribution in [0.15, 0.2) is 18.2 Å². The molecule has 0 aliphatic heterocycles. The minimum atomic E-state index is -0.516. The Morgan fingerprint density at radius 3 is 2.38 bits per heavy atom. The summed E-state index contributed by atoms with van der Waals surface area (Å²) in [5.41, 5.74) is 0.0489. The van der Waals surface area contributed by atoms with E-state index in [-0.39, 0.29) is 18.2 Å². The van der Waals surface area contributed by atoms with Gasteiger partial charge >= 0.3 is 5.97 Å². The molecule has 1 aromatic rings. The summed E-state index contributed by atoms with van der Waals surface area (Å²) in [7, 11) is 2.90.